The molecule has 0 spiro atoms. The van der Waals surface area contributed by atoms with Gasteiger partial charge in [0, 0.05) is 5.56 Å². The highest BCUT2D eigenvalue weighted by atomic mass is 15.2. The number of hydrogen-bond donors (Lipinski definition) is 4. The van der Waals surface area contributed by atoms with Gasteiger partial charge in [0.15, 0.2) is 0 Å². The molecule has 0 fully saturated rings. The molecule has 1 heterocycles. The summed E-state index contributed by atoms with van der Waals surface area (Å²) in [7, 11) is 0. The van der Waals surface area contributed by atoms with Crippen molar-refractivity contribution in [1.29, 1.82) is 0 Å². The van der Waals surface area contributed by atoms with Crippen LogP contribution in [0.2, 0.25) is 0 Å². The Labute approximate surface area is 84.2 Å². The highest BCUT2D eigenvalue weighted by Crippen LogP contribution is 2.27. The van der Waals surface area contributed by atoms with Crippen molar-refractivity contribution in [3.05, 3.63) is 11.8 Å². The molecule has 2 atom stereocenters. The van der Waals surface area contributed by atoms with Crippen LogP contribution in [-0.2, 0) is 0 Å². The van der Waals surface area contributed by atoms with E-state index in [-0.39, 0.29) is 6.04 Å². The maximum atomic E-state index is 5.74. The lowest BCUT2D eigenvalue weighted by Gasteiger charge is -2.22. The van der Waals surface area contributed by atoms with E-state index in [9.17, 15) is 0 Å². The maximum absolute atomic E-state index is 5.74. The summed E-state index contributed by atoms with van der Waals surface area (Å²) in [6, 6.07) is 0.0775. The number of nitrogen functional groups attached to an aromatic ring is 1. The molecule has 5 nitrogen and oxygen atoms in total. The van der Waals surface area contributed by atoms with Crippen LogP contribution in [0.4, 0.5) is 5.82 Å². The lowest BCUT2D eigenvalue weighted by Crippen LogP contribution is -2.32. The zero-order valence-electron chi connectivity index (χ0n) is 8.75. The van der Waals surface area contributed by atoms with Crippen LogP contribution in [0.15, 0.2) is 6.20 Å². The van der Waals surface area contributed by atoms with Gasteiger partial charge in [0.1, 0.15) is 5.82 Å². The quantitative estimate of drug-likeness (QED) is 0.417. The van der Waals surface area contributed by atoms with Gasteiger partial charge in [0.2, 0.25) is 0 Å². The Hall–Kier alpha value is -1.07. The second-order valence-electron chi connectivity index (χ2n) is 3.65. The number of hydrogen-bond acceptors (Lipinski definition) is 4. The van der Waals surface area contributed by atoms with Gasteiger partial charge in [-0.05, 0) is 12.3 Å². The summed E-state index contributed by atoms with van der Waals surface area (Å²) >= 11 is 0. The summed E-state index contributed by atoms with van der Waals surface area (Å²) in [5.41, 5.74) is 9.48. The second kappa shape index (κ2) is 4.97. The van der Waals surface area contributed by atoms with Crippen LogP contribution in [0, 0.1) is 5.92 Å². The standard InChI is InChI=1S/C9H19N5/c1-3-4-6(2)8(13-11)7-5-12-14-9(7)10/h5-6,8,13H,3-4,11H2,1-2H3,(H3,10,12,14). The average molecular weight is 197 g/mol. The van der Waals surface area contributed by atoms with Gasteiger partial charge in [-0.25, -0.2) is 0 Å². The van der Waals surface area contributed by atoms with Crippen LogP contribution in [0.5, 0.6) is 0 Å². The SMILES string of the molecule is CCCC(C)C(NN)c1cn[nH]c1N. The molecule has 0 radical (unpaired) electrons. The molecule has 0 aliphatic rings. The average Bonchev–Trinajstić information content (AvgIpc) is 2.54. The Balaban J connectivity index is 2.76. The number of nitrogens with zero attached hydrogens (tertiary/aromatic N) is 1. The van der Waals surface area contributed by atoms with E-state index in [0.29, 0.717) is 11.7 Å². The summed E-state index contributed by atoms with van der Waals surface area (Å²) in [5.74, 6) is 6.56. The van der Waals surface area contributed by atoms with Gasteiger partial charge in [-0.2, -0.15) is 5.10 Å². The Bertz CT molecular complexity index is 270. The predicted molar refractivity (Wildman–Crippen MR) is 57.1 cm³/mol. The van der Waals surface area contributed by atoms with Crippen LogP contribution in [0.25, 0.3) is 0 Å². The molecule has 1 rings (SSSR count). The van der Waals surface area contributed by atoms with E-state index in [1.807, 2.05) is 0 Å². The van der Waals surface area contributed by atoms with Crippen molar-refractivity contribution < 1.29 is 0 Å². The van der Waals surface area contributed by atoms with Crippen LogP contribution in [-0.4, -0.2) is 10.2 Å². The molecule has 0 saturated carbocycles. The minimum atomic E-state index is 0.0775. The summed E-state index contributed by atoms with van der Waals surface area (Å²) < 4.78 is 0. The third kappa shape index (κ3) is 2.24. The van der Waals surface area contributed by atoms with Crippen molar-refractivity contribution in [2.45, 2.75) is 32.7 Å². The van der Waals surface area contributed by atoms with Crippen molar-refractivity contribution in [3.8, 4) is 0 Å². The maximum Gasteiger partial charge on any atom is 0.123 e. The second-order valence-corrected chi connectivity index (χ2v) is 3.65. The van der Waals surface area contributed by atoms with E-state index in [4.69, 9.17) is 11.6 Å². The lowest BCUT2D eigenvalue weighted by atomic mass is 9.93. The molecular formula is C9H19N5. The first kappa shape index (κ1) is 11.0. The summed E-state index contributed by atoms with van der Waals surface area (Å²) in [6.07, 6.45) is 3.97. The number of aromatic nitrogens is 2. The fourth-order valence-corrected chi connectivity index (χ4v) is 1.74. The van der Waals surface area contributed by atoms with Crippen molar-refractivity contribution >= 4 is 5.82 Å². The van der Waals surface area contributed by atoms with Crippen LogP contribution >= 0.6 is 0 Å². The molecule has 0 aliphatic heterocycles. The third-order valence-corrected chi connectivity index (χ3v) is 2.53. The Morgan fingerprint density at radius 3 is 2.79 bits per heavy atom. The van der Waals surface area contributed by atoms with Crippen molar-refractivity contribution in [3.63, 3.8) is 0 Å². The molecule has 0 aromatic carbocycles. The van der Waals surface area contributed by atoms with E-state index in [1.165, 1.54) is 0 Å². The van der Waals surface area contributed by atoms with E-state index < -0.39 is 0 Å². The number of aromatic amines is 1. The minimum Gasteiger partial charge on any atom is -0.384 e. The molecule has 5 heteroatoms. The number of rotatable bonds is 5. The number of anilines is 1. The number of nitrogens with two attached hydrogens (primary N) is 2. The molecule has 1 aromatic heterocycles. The van der Waals surface area contributed by atoms with E-state index in [1.54, 1.807) is 6.20 Å². The summed E-state index contributed by atoms with van der Waals surface area (Å²) in [4.78, 5) is 0. The summed E-state index contributed by atoms with van der Waals surface area (Å²) in [5, 5.41) is 6.60. The number of hydrazine groups is 1. The van der Waals surface area contributed by atoms with Gasteiger partial charge in [0.25, 0.3) is 0 Å². The first-order valence-electron chi connectivity index (χ1n) is 4.95. The fraction of sp³-hybridized carbons (Fsp3) is 0.667. The summed E-state index contributed by atoms with van der Waals surface area (Å²) in [6.45, 7) is 4.31. The highest BCUT2D eigenvalue weighted by molar-refractivity contribution is 5.39. The van der Waals surface area contributed by atoms with Crippen molar-refractivity contribution in [2.75, 3.05) is 5.73 Å². The van der Waals surface area contributed by atoms with Crippen molar-refractivity contribution in [2.24, 2.45) is 11.8 Å². The van der Waals surface area contributed by atoms with Gasteiger partial charge < -0.3 is 5.73 Å². The molecule has 1 aromatic rings. The first-order chi connectivity index (χ1) is 6.70. The Kier molecular flexibility index (Phi) is 3.91. The highest BCUT2D eigenvalue weighted by Gasteiger charge is 2.20. The zero-order chi connectivity index (χ0) is 10.6. The van der Waals surface area contributed by atoms with Gasteiger partial charge in [-0.15, -0.1) is 0 Å². The van der Waals surface area contributed by atoms with E-state index >= 15 is 0 Å². The molecule has 6 N–H and O–H groups in total. The van der Waals surface area contributed by atoms with Gasteiger partial charge in [-0.1, -0.05) is 20.3 Å². The smallest absolute Gasteiger partial charge is 0.123 e. The normalized spacial score (nSPS) is 15.4. The van der Waals surface area contributed by atoms with Gasteiger partial charge in [-0.3, -0.25) is 16.4 Å². The van der Waals surface area contributed by atoms with Crippen LogP contribution in [0.3, 0.4) is 0 Å². The van der Waals surface area contributed by atoms with Gasteiger partial charge in [0.05, 0.1) is 12.2 Å². The van der Waals surface area contributed by atoms with Crippen molar-refractivity contribution in [1.82, 2.24) is 15.6 Å². The predicted octanol–water partition coefficient (Wildman–Crippen LogP) is 0.932. The fourth-order valence-electron chi connectivity index (χ4n) is 1.74. The Morgan fingerprint density at radius 1 is 1.64 bits per heavy atom. The monoisotopic (exact) mass is 197 g/mol. The van der Waals surface area contributed by atoms with Crippen LogP contribution in [0.1, 0.15) is 38.3 Å². The molecule has 80 valence electrons. The molecule has 0 saturated heterocycles. The Morgan fingerprint density at radius 2 is 2.36 bits per heavy atom. The molecular weight excluding hydrogens is 178 g/mol. The number of H-pyrrole nitrogens is 1. The number of nitrogens with one attached hydrogen (secondary N) is 2. The first-order valence-corrected chi connectivity index (χ1v) is 4.95. The van der Waals surface area contributed by atoms with E-state index in [2.05, 4.69) is 29.5 Å². The van der Waals surface area contributed by atoms with E-state index in [0.717, 1.165) is 18.4 Å². The molecule has 0 amide bonds. The molecule has 0 aliphatic carbocycles. The third-order valence-electron chi connectivity index (χ3n) is 2.53. The largest absolute Gasteiger partial charge is 0.384 e. The molecule has 14 heavy (non-hydrogen) atoms. The van der Waals surface area contributed by atoms with Gasteiger partial charge >= 0.3 is 0 Å². The minimum absolute atomic E-state index is 0.0775. The topological polar surface area (TPSA) is 92.7 Å². The molecule has 0 bridgehead atoms. The lowest BCUT2D eigenvalue weighted by molar-refractivity contribution is 0.369. The molecule has 2 unspecified atom stereocenters. The zero-order valence-corrected chi connectivity index (χ0v) is 8.75. The van der Waals surface area contributed by atoms with Crippen LogP contribution < -0.4 is 17.0 Å².